The topological polar surface area (TPSA) is 108 Å². The van der Waals surface area contributed by atoms with Gasteiger partial charge in [-0.1, -0.05) is 67.6 Å². The van der Waals surface area contributed by atoms with Gasteiger partial charge in [0.05, 0.1) is 0 Å². The number of phenols is 1. The molecule has 0 aliphatic rings. The van der Waals surface area contributed by atoms with Crippen LogP contribution in [0.5, 0.6) is 5.75 Å². The lowest BCUT2D eigenvalue weighted by Crippen LogP contribution is -2.55. The second-order valence-electron chi connectivity index (χ2n) is 11.6. The van der Waals surface area contributed by atoms with Crippen LogP contribution in [-0.2, 0) is 20.7 Å². The maximum Gasteiger partial charge on any atom is 0.408 e. The highest BCUT2D eigenvalue weighted by Gasteiger charge is 2.38. The van der Waals surface area contributed by atoms with Crippen LogP contribution in [0.2, 0.25) is 0 Å². The van der Waals surface area contributed by atoms with E-state index in [1.54, 1.807) is 37.8 Å². The molecule has 3 unspecified atom stereocenters. The van der Waals surface area contributed by atoms with Crippen LogP contribution in [0.3, 0.4) is 0 Å². The minimum absolute atomic E-state index is 0.0928. The fraction of sp³-hybridized carbons (Fsp3) is 0.382. The number of benzene rings is 3. The zero-order valence-corrected chi connectivity index (χ0v) is 25.6. The third-order valence-electron chi connectivity index (χ3n) is 7.06. The smallest absolute Gasteiger partial charge is 0.408 e. The van der Waals surface area contributed by atoms with E-state index >= 15 is 0 Å². The quantitative estimate of drug-likeness (QED) is 0.258. The Morgan fingerprint density at radius 3 is 2.05 bits per heavy atom. The molecule has 0 bridgehead atoms. The molecule has 8 nitrogen and oxygen atoms in total. The van der Waals surface area contributed by atoms with Gasteiger partial charge in [0.2, 0.25) is 5.91 Å². The minimum Gasteiger partial charge on any atom is -0.508 e. The van der Waals surface area contributed by atoms with Crippen molar-refractivity contribution in [3.05, 3.63) is 95.1 Å². The molecule has 3 atom stereocenters. The molecule has 0 saturated heterocycles. The number of aromatic hydroxyl groups is 1. The van der Waals surface area contributed by atoms with E-state index in [2.05, 4.69) is 10.6 Å². The van der Waals surface area contributed by atoms with E-state index in [1.165, 1.54) is 12.1 Å². The average Bonchev–Trinajstić information content (AvgIpc) is 2.93. The molecule has 3 amide bonds. The number of anilines is 1. The lowest BCUT2D eigenvalue weighted by atomic mass is 9.97. The van der Waals surface area contributed by atoms with E-state index in [9.17, 15) is 19.5 Å². The number of rotatable bonds is 10. The molecule has 3 aromatic carbocycles. The maximum absolute atomic E-state index is 14.5. The molecule has 0 saturated carbocycles. The minimum atomic E-state index is -1.04. The summed E-state index contributed by atoms with van der Waals surface area (Å²) >= 11 is 0. The van der Waals surface area contributed by atoms with E-state index in [1.807, 2.05) is 76.2 Å². The molecular weight excluding hydrogens is 530 g/mol. The Bertz CT molecular complexity index is 1350. The first kappa shape index (κ1) is 32.2. The molecule has 0 aliphatic heterocycles. The summed E-state index contributed by atoms with van der Waals surface area (Å²) in [4.78, 5) is 43.2. The van der Waals surface area contributed by atoms with Gasteiger partial charge in [0, 0.05) is 18.2 Å². The second kappa shape index (κ2) is 14.0. The maximum atomic E-state index is 14.5. The van der Waals surface area contributed by atoms with Crippen LogP contribution in [0.15, 0.2) is 72.8 Å². The molecule has 3 aromatic rings. The number of phenolic OH excluding ortho intramolecular Hbond substituents is 1. The Kier molecular flexibility index (Phi) is 10.8. The highest BCUT2D eigenvalue weighted by atomic mass is 16.6. The van der Waals surface area contributed by atoms with E-state index in [4.69, 9.17) is 4.74 Å². The molecule has 224 valence electrons. The SMILES string of the molecule is CCC(C)N(C(=O)C(Cc1ccc(O)cc1)NC(=O)OC(C)(C)C)C(C(=O)Nc1c(C)cccc1C)c1ccccc1. The number of para-hydroxylation sites is 1. The number of ether oxygens (including phenoxy) is 1. The first-order chi connectivity index (χ1) is 19.8. The summed E-state index contributed by atoms with van der Waals surface area (Å²) in [5.74, 6) is -0.683. The second-order valence-corrected chi connectivity index (χ2v) is 11.6. The lowest BCUT2D eigenvalue weighted by molar-refractivity contribution is -0.143. The van der Waals surface area contributed by atoms with Crippen molar-refractivity contribution in [3.63, 3.8) is 0 Å². The summed E-state index contributed by atoms with van der Waals surface area (Å²) in [5, 5.41) is 15.6. The molecule has 0 aromatic heterocycles. The third kappa shape index (κ3) is 8.59. The number of carbonyl (C=O) groups excluding carboxylic acids is 3. The van der Waals surface area contributed by atoms with Crippen molar-refractivity contribution in [3.8, 4) is 5.75 Å². The Morgan fingerprint density at radius 2 is 1.50 bits per heavy atom. The summed E-state index contributed by atoms with van der Waals surface area (Å²) in [6.45, 7) is 12.9. The van der Waals surface area contributed by atoms with Gasteiger partial charge in [-0.15, -0.1) is 0 Å². The van der Waals surface area contributed by atoms with Crippen molar-refractivity contribution < 1.29 is 24.2 Å². The van der Waals surface area contributed by atoms with Gasteiger partial charge < -0.3 is 25.4 Å². The third-order valence-corrected chi connectivity index (χ3v) is 7.06. The van der Waals surface area contributed by atoms with Crippen molar-refractivity contribution in [1.29, 1.82) is 0 Å². The number of nitrogens with one attached hydrogen (secondary N) is 2. The Labute approximate surface area is 249 Å². The number of hydrogen-bond acceptors (Lipinski definition) is 5. The number of nitrogens with zero attached hydrogens (tertiary/aromatic N) is 1. The number of aryl methyl sites for hydroxylation is 2. The van der Waals surface area contributed by atoms with Crippen LogP contribution < -0.4 is 10.6 Å². The van der Waals surface area contributed by atoms with Crippen LogP contribution in [0.1, 0.15) is 69.3 Å². The molecule has 0 spiro atoms. The zero-order valence-electron chi connectivity index (χ0n) is 25.6. The lowest BCUT2D eigenvalue weighted by Gasteiger charge is -2.38. The van der Waals surface area contributed by atoms with Crippen LogP contribution in [-0.4, -0.2) is 45.6 Å². The molecule has 8 heteroatoms. The predicted molar refractivity (Wildman–Crippen MR) is 165 cm³/mol. The molecule has 0 radical (unpaired) electrons. The molecule has 3 rings (SSSR count). The van der Waals surface area contributed by atoms with Crippen LogP contribution in [0, 0.1) is 13.8 Å². The van der Waals surface area contributed by atoms with Gasteiger partial charge in [-0.2, -0.15) is 0 Å². The van der Waals surface area contributed by atoms with Crippen molar-refractivity contribution in [1.82, 2.24) is 10.2 Å². The number of amides is 3. The highest BCUT2D eigenvalue weighted by Crippen LogP contribution is 2.29. The normalized spacial score (nSPS) is 13.4. The number of alkyl carbamates (subject to hydrolysis) is 1. The van der Waals surface area contributed by atoms with Crippen LogP contribution in [0.4, 0.5) is 10.5 Å². The molecule has 3 N–H and O–H groups in total. The zero-order chi connectivity index (χ0) is 31.0. The van der Waals surface area contributed by atoms with E-state index < -0.39 is 29.7 Å². The summed E-state index contributed by atoms with van der Waals surface area (Å²) < 4.78 is 5.50. The van der Waals surface area contributed by atoms with E-state index in [0.29, 0.717) is 17.7 Å². The Balaban J connectivity index is 2.09. The molecule has 0 heterocycles. The summed E-state index contributed by atoms with van der Waals surface area (Å²) in [7, 11) is 0. The fourth-order valence-corrected chi connectivity index (χ4v) is 4.77. The van der Waals surface area contributed by atoms with Crippen molar-refractivity contribution >= 4 is 23.6 Å². The summed E-state index contributed by atoms with van der Waals surface area (Å²) in [5.41, 5.74) is 3.12. The molecule has 42 heavy (non-hydrogen) atoms. The van der Waals surface area contributed by atoms with Crippen LogP contribution in [0.25, 0.3) is 0 Å². The summed E-state index contributed by atoms with van der Waals surface area (Å²) in [6.07, 6.45) is -0.0323. The van der Waals surface area contributed by atoms with Gasteiger partial charge in [0.1, 0.15) is 23.4 Å². The van der Waals surface area contributed by atoms with Gasteiger partial charge in [0.15, 0.2) is 0 Å². The van der Waals surface area contributed by atoms with Gasteiger partial charge >= 0.3 is 6.09 Å². The van der Waals surface area contributed by atoms with Crippen molar-refractivity contribution in [2.75, 3.05) is 5.32 Å². The highest BCUT2D eigenvalue weighted by molar-refractivity contribution is 6.00. The van der Waals surface area contributed by atoms with Crippen molar-refractivity contribution in [2.45, 2.75) is 85.0 Å². The molecular formula is C34H43N3O5. The standard InChI is InChI=1S/C34H43N3O5/c1-8-24(4)37(30(26-15-10-9-11-16-26)31(39)36-29-22(2)13-12-14-23(29)3)32(40)28(35-33(41)42-34(5,6)7)21-25-17-19-27(38)20-18-25/h9-20,24,28,30,38H,8,21H2,1-7H3,(H,35,41)(H,36,39). The summed E-state index contributed by atoms with van der Waals surface area (Å²) in [6, 6.07) is 19.0. The van der Waals surface area contributed by atoms with Gasteiger partial charge in [0.25, 0.3) is 5.91 Å². The largest absolute Gasteiger partial charge is 0.508 e. The van der Waals surface area contributed by atoms with Gasteiger partial charge in [-0.3, -0.25) is 9.59 Å². The monoisotopic (exact) mass is 573 g/mol. The van der Waals surface area contributed by atoms with Crippen molar-refractivity contribution in [2.24, 2.45) is 0 Å². The fourth-order valence-electron chi connectivity index (χ4n) is 4.77. The van der Waals surface area contributed by atoms with Gasteiger partial charge in [-0.25, -0.2) is 4.79 Å². The molecule has 0 aliphatic carbocycles. The predicted octanol–water partition coefficient (Wildman–Crippen LogP) is 6.45. The van der Waals surface area contributed by atoms with E-state index in [0.717, 1.165) is 16.7 Å². The van der Waals surface area contributed by atoms with Crippen LogP contribution >= 0.6 is 0 Å². The first-order valence-electron chi connectivity index (χ1n) is 14.3. The number of hydrogen-bond donors (Lipinski definition) is 3. The number of carbonyl (C=O) groups is 3. The first-order valence-corrected chi connectivity index (χ1v) is 14.3. The Morgan fingerprint density at radius 1 is 0.905 bits per heavy atom. The molecule has 0 fully saturated rings. The van der Waals surface area contributed by atoms with Gasteiger partial charge in [-0.05, 0) is 82.3 Å². The van der Waals surface area contributed by atoms with E-state index in [-0.39, 0.29) is 24.1 Å². The average molecular weight is 574 g/mol. The Hall–Kier alpha value is -4.33.